The number of aryl methyl sites for hydroxylation is 1. The number of hydrogen-bond acceptors (Lipinski definition) is 2. The first-order valence-electron chi connectivity index (χ1n) is 8.54. The van der Waals surface area contributed by atoms with Gasteiger partial charge in [-0.2, -0.15) is 0 Å². The van der Waals surface area contributed by atoms with Crippen LogP contribution in [0.5, 0.6) is 0 Å². The highest BCUT2D eigenvalue weighted by Gasteiger charge is 2.36. The summed E-state index contributed by atoms with van der Waals surface area (Å²) in [5.41, 5.74) is 5.70. The molecule has 0 spiro atoms. The zero-order valence-corrected chi connectivity index (χ0v) is 17.5. The number of hydrogen-bond donors (Lipinski definition) is 0. The van der Waals surface area contributed by atoms with Crippen LogP contribution in [-0.2, 0) is 4.79 Å². The van der Waals surface area contributed by atoms with Crippen LogP contribution in [0.15, 0.2) is 53.9 Å². The van der Waals surface area contributed by atoms with Crippen LogP contribution in [0.3, 0.4) is 0 Å². The van der Waals surface area contributed by atoms with Gasteiger partial charge in [-0.3, -0.25) is 4.79 Å². The number of halogens is 1. The molecule has 2 aromatic carbocycles. The summed E-state index contributed by atoms with van der Waals surface area (Å²) in [7, 11) is 0. The molecule has 0 saturated heterocycles. The van der Waals surface area contributed by atoms with E-state index < -0.39 is 0 Å². The fourth-order valence-electron chi connectivity index (χ4n) is 3.48. The van der Waals surface area contributed by atoms with Crippen molar-refractivity contribution in [3.05, 3.63) is 64.5 Å². The first-order valence-corrected chi connectivity index (χ1v) is 9.42. The third-order valence-electron chi connectivity index (χ3n) is 4.77. The summed E-state index contributed by atoms with van der Waals surface area (Å²) in [6, 6.07) is 16.8. The van der Waals surface area contributed by atoms with E-state index in [9.17, 15) is 4.79 Å². The summed E-state index contributed by atoms with van der Waals surface area (Å²) < 4.78 is 2.33. The Morgan fingerprint density at radius 1 is 1.15 bits per heavy atom. The van der Waals surface area contributed by atoms with E-state index >= 15 is 0 Å². The van der Waals surface area contributed by atoms with Crippen molar-refractivity contribution in [2.24, 2.45) is 0 Å². The van der Waals surface area contributed by atoms with Crippen molar-refractivity contribution in [1.29, 1.82) is 0 Å². The number of para-hydroxylation sites is 2. The van der Waals surface area contributed by atoms with Crippen molar-refractivity contribution in [1.82, 2.24) is 0 Å². The van der Waals surface area contributed by atoms with Crippen LogP contribution in [0.2, 0.25) is 0 Å². The zero-order valence-electron chi connectivity index (χ0n) is 15.1. The first-order chi connectivity index (χ1) is 12.1. The Balaban J connectivity index is 0.00000196. The lowest BCUT2D eigenvalue weighted by atomic mass is 10.1. The Labute approximate surface area is 168 Å². The molecule has 5 heteroatoms. The lowest BCUT2D eigenvalue weighted by molar-refractivity contribution is -0.586. The molecule has 0 saturated carbocycles. The highest BCUT2D eigenvalue weighted by atomic mass is 79.9. The van der Waals surface area contributed by atoms with Gasteiger partial charge in [0, 0.05) is 25.1 Å². The van der Waals surface area contributed by atoms with Crippen molar-refractivity contribution in [2.45, 2.75) is 26.7 Å². The predicted octanol–water partition coefficient (Wildman–Crippen LogP) is 1.47. The fraction of sp³-hybridized carbons (Fsp3) is 0.238. The summed E-state index contributed by atoms with van der Waals surface area (Å²) >= 11 is 1.77. The summed E-state index contributed by atoms with van der Waals surface area (Å²) in [6.45, 7) is 6.66. The third-order valence-corrected chi connectivity index (χ3v) is 5.94. The van der Waals surface area contributed by atoms with Crippen molar-refractivity contribution in [3.63, 3.8) is 0 Å². The van der Waals surface area contributed by atoms with Gasteiger partial charge in [-0.15, -0.1) is 4.57 Å². The molecule has 4 rings (SSSR count). The van der Waals surface area contributed by atoms with Gasteiger partial charge in [-0.05, 0) is 32.0 Å². The Kier molecular flexibility index (Phi) is 5.30. The lowest BCUT2D eigenvalue weighted by Crippen LogP contribution is -3.00. The Hall–Kier alpha value is -1.98. The number of carbonyl (C=O) groups is 1. The Morgan fingerprint density at radius 3 is 2.54 bits per heavy atom. The smallest absolute Gasteiger partial charge is 0.248 e. The largest absolute Gasteiger partial charge is 1.00 e. The monoisotopic (exact) mass is 428 g/mol. The Morgan fingerprint density at radius 2 is 1.85 bits per heavy atom. The Bertz CT molecular complexity index is 949. The molecule has 1 aliphatic rings. The van der Waals surface area contributed by atoms with Crippen LogP contribution in [0.1, 0.15) is 30.3 Å². The van der Waals surface area contributed by atoms with Gasteiger partial charge in [0.2, 0.25) is 22.3 Å². The summed E-state index contributed by atoms with van der Waals surface area (Å²) in [5.74, 6) is 0.368. The second-order valence-electron chi connectivity index (χ2n) is 6.68. The molecule has 1 unspecified atom stereocenters. The average Bonchev–Trinajstić information content (AvgIpc) is 3.00. The van der Waals surface area contributed by atoms with Gasteiger partial charge >= 0.3 is 0 Å². The summed E-state index contributed by atoms with van der Waals surface area (Å²) in [4.78, 5) is 14.1. The van der Waals surface area contributed by atoms with E-state index in [-0.39, 0.29) is 28.8 Å². The number of fused-ring (bicyclic) bond motifs is 3. The van der Waals surface area contributed by atoms with Crippen LogP contribution in [0, 0.1) is 6.92 Å². The second-order valence-corrected chi connectivity index (χ2v) is 7.57. The SMILES string of the molecule is CC(=O)N1CC(C)c2scc(-c3ccc(C)cc3)[n+]2-c2ccccc21.[Br-]. The summed E-state index contributed by atoms with van der Waals surface area (Å²) in [6.07, 6.45) is 0. The van der Waals surface area contributed by atoms with E-state index in [1.165, 1.54) is 21.8 Å². The minimum Gasteiger partial charge on any atom is -1.00 e. The number of aromatic nitrogens is 1. The van der Waals surface area contributed by atoms with Gasteiger partial charge in [-0.25, -0.2) is 0 Å². The number of benzene rings is 2. The number of carbonyl (C=O) groups excluding carboxylic acids is 1. The van der Waals surface area contributed by atoms with Gasteiger partial charge in [0.25, 0.3) is 0 Å². The number of rotatable bonds is 1. The number of amides is 1. The van der Waals surface area contributed by atoms with E-state index in [4.69, 9.17) is 0 Å². The molecule has 1 amide bonds. The maximum Gasteiger partial charge on any atom is 0.248 e. The molecule has 3 aromatic rings. The second kappa shape index (κ2) is 7.33. The van der Waals surface area contributed by atoms with Crippen molar-refractivity contribution >= 4 is 22.9 Å². The van der Waals surface area contributed by atoms with Gasteiger partial charge < -0.3 is 21.9 Å². The van der Waals surface area contributed by atoms with Crippen molar-refractivity contribution in [2.75, 3.05) is 11.4 Å². The third kappa shape index (κ3) is 3.10. The fourth-order valence-corrected chi connectivity index (χ4v) is 4.56. The quantitative estimate of drug-likeness (QED) is 0.538. The van der Waals surface area contributed by atoms with Gasteiger partial charge in [0.15, 0.2) is 0 Å². The highest BCUT2D eigenvalue weighted by molar-refractivity contribution is 7.09. The molecular weight excluding hydrogens is 408 g/mol. The van der Waals surface area contributed by atoms with E-state index in [1.807, 2.05) is 23.1 Å². The molecule has 0 bridgehead atoms. The maximum atomic E-state index is 12.2. The normalized spacial score (nSPS) is 15.5. The molecule has 1 aliphatic heterocycles. The molecule has 0 N–H and O–H groups in total. The van der Waals surface area contributed by atoms with E-state index in [1.54, 1.807) is 18.3 Å². The molecule has 134 valence electrons. The molecule has 26 heavy (non-hydrogen) atoms. The topological polar surface area (TPSA) is 24.2 Å². The van der Waals surface area contributed by atoms with E-state index in [2.05, 4.69) is 54.1 Å². The molecule has 3 nitrogen and oxygen atoms in total. The van der Waals surface area contributed by atoms with Crippen LogP contribution in [-0.4, -0.2) is 12.5 Å². The van der Waals surface area contributed by atoms with Gasteiger partial charge in [-0.1, -0.05) is 41.2 Å². The van der Waals surface area contributed by atoms with Crippen molar-refractivity contribution in [3.8, 4) is 16.9 Å². The molecule has 0 fully saturated rings. The van der Waals surface area contributed by atoms with Gasteiger partial charge in [0.1, 0.15) is 5.69 Å². The zero-order chi connectivity index (χ0) is 17.6. The number of thiazole rings is 1. The average molecular weight is 429 g/mol. The molecule has 1 atom stereocenters. The van der Waals surface area contributed by atoms with Crippen LogP contribution in [0.4, 0.5) is 5.69 Å². The van der Waals surface area contributed by atoms with Crippen molar-refractivity contribution < 1.29 is 26.3 Å². The summed E-state index contributed by atoms with van der Waals surface area (Å²) in [5, 5.41) is 3.52. The standard InChI is InChI=1S/C21H21N2OS.BrH/c1-14-8-10-17(11-9-14)20-13-25-21-15(2)12-22(16(3)24)18-6-4-5-7-19(18)23(20)21;/h4-11,13,15H,12H2,1-3H3;1H/q+1;/p-1. The maximum absolute atomic E-state index is 12.2. The predicted molar refractivity (Wildman–Crippen MR) is 102 cm³/mol. The minimum absolute atomic E-state index is 0. The minimum atomic E-state index is 0. The molecular formula is C21H21BrN2OS. The number of anilines is 1. The molecule has 1 aromatic heterocycles. The van der Waals surface area contributed by atoms with E-state index in [0.717, 1.165) is 11.4 Å². The van der Waals surface area contributed by atoms with Crippen LogP contribution < -0.4 is 26.4 Å². The van der Waals surface area contributed by atoms with E-state index in [0.29, 0.717) is 6.54 Å². The molecule has 2 heterocycles. The van der Waals surface area contributed by atoms with Gasteiger partial charge in [0.05, 0.1) is 11.3 Å². The highest BCUT2D eigenvalue weighted by Crippen LogP contribution is 2.34. The van der Waals surface area contributed by atoms with Crippen LogP contribution in [0.25, 0.3) is 16.9 Å². The lowest BCUT2D eigenvalue weighted by Gasteiger charge is -2.20. The molecule has 0 aliphatic carbocycles. The first kappa shape index (κ1) is 18.8. The molecule has 0 radical (unpaired) electrons. The number of nitrogens with zero attached hydrogens (tertiary/aromatic N) is 2. The van der Waals surface area contributed by atoms with Crippen LogP contribution >= 0.6 is 11.3 Å².